The summed E-state index contributed by atoms with van der Waals surface area (Å²) in [5.41, 5.74) is -0.215. The van der Waals surface area contributed by atoms with Crippen LogP contribution in [-0.2, 0) is 9.22 Å². The Bertz CT molecular complexity index is 306. The molecule has 0 aliphatic rings. The van der Waals surface area contributed by atoms with Gasteiger partial charge in [-0.2, -0.15) is 0 Å². The van der Waals surface area contributed by atoms with Gasteiger partial charge < -0.3 is 4.43 Å². The summed E-state index contributed by atoms with van der Waals surface area (Å²) in [6, 6.07) is 0. The largest absolute Gasteiger partial charge is 0.528 e. The van der Waals surface area contributed by atoms with Crippen molar-refractivity contribution >= 4 is 16.5 Å². The van der Waals surface area contributed by atoms with E-state index in [1.807, 2.05) is 0 Å². The van der Waals surface area contributed by atoms with Crippen molar-refractivity contribution in [3.05, 3.63) is 0 Å². The smallest absolute Gasteiger partial charge is 0.298 e. The van der Waals surface area contributed by atoms with Crippen molar-refractivity contribution in [2.24, 2.45) is 11.3 Å². The number of carbonyl (C=O) groups is 1. The van der Waals surface area contributed by atoms with Crippen LogP contribution >= 0.6 is 0 Å². The van der Waals surface area contributed by atoms with Gasteiger partial charge in [-0.3, -0.25) is 4.79 Å². The highest BCUT2D eigenvalue weighted by Crippen LogP contribution is 2.43. The van der Waals surface area contributed by atoms with Crippen LogP contribution in [-0.4, -0.2) is 16.5 Å². The molecule has 0 N–H and O–H groups in total. The van der Waals surface area contributed by atoms with E-state index in [1.165, 1.54) is 70.6 Å². The zero-order chi connectivity index (χ0) is 18.3. The topological polar surface area (TPSA) is 26.3 Å². The first kappa shape index (κ1) is 23.7. The Morgan fingerprint density at radius 2 is 1.42 bits per heavy atom. The van der Waals surface area contributed by atoms with Crippen LogP contribution in [0.3, 0.4) is 0 Å². The second-order valence-corrected chi connectivity index (χ2v) is 7.88. The van der Waals surface area contributed by atoms with Gasteiger partial charge in [0.15, 0.2) is 0 Å². The van der Waals surface area contributed by atoms with Gasteiger partial charge in [-0.25, -0.2) is 0 Å². The molecule has 0 aromatic carbocycles. The summed E-state index contributed by atoms with van der Waals surface area (Å²) in [4.78, 5) is 12.7. The predicted molar refractivity (Wildman–Crippen MR) is 109 cm³/mol. The molecule has 3 heteroatoms. The summed E-state index contributed by atoms with van der Waals surface area (Å²) in [5.74, 6) is 0.601. The second-order valence-electron chi connectivity index (χ2n) is 7.47. The predicted octanol–water partition coefficient (Wildman–Crippen LogP) is 5.95. The fourth-order valence-corrected chi connectivity index (χ4v) is 4.60. The van der Waals surface area contributed by atoms with E-state index in [1.54, 1.807) is 0 Å². The highest BCUT2D eigenvalue weighted by molar-refractivity contribution is 6.06. The average Bonchev–Trinajstić information content (AvgIpc) is 2.61. The molecule has 2 atom stereocenters. The van der Waals surface area contributed by atoms with Gasteiger partial charge in [-0.05, 0) is 25.2 Å². The summed E-state index contributed by atoms with van der Waals surface area (Å²) in [6.07, 6.45) is 17.2. The molecule has 2 unspecified atom stereocenters. The lowest BCUT2D eigenvalue weighted by molar-refractivity contribution is -0.151. The van der Waals surface area contributed by atoms with E-state index >= 15 is 0 Å². The maximum Gasteiger partial charge on any atom is 0.298 e. The Balaban J connectivity index is 4.74. The Labute approximate surface area is 155 Å². The van der Waals surface area contributed by atoms with Crippen LogP contribution in [0.25, 0.3) is 0 Å². The quantitative estimate of drug-likeness (QED) is 0.252. The third-order valence-corrected chi connectivity index (χ3v) is 6.25. The van der Waals surface area contributed by atoms with Crippen LogP contribution < -0.4 is 0 Å². The van der Waals surface area contributed by atoms with E-state index in [0.29, 0.717) is 16.4 Å². The third-order valence-electron chi connectivity index (χ3n) is 5.88. The zero-order valence-electron chi connectivity index (χ0n) is 17.3. The van der Waals surface area contributed by atoms with Gasteiger partial charge in [0.05, 0.1) is 5.41 Å². The Hall–Kier alpha value is -0.313. The Morgan fingerprint density at radius 3 is 1.88 bits per heavy atom. The van der Waals surface area contributed by atoms with E-state index in [-0.39, 0.29) is 11.4 Å². The molecule has 0 fully saturated rings. The van der Waals surface area contributed by atoms with Crippen LogP contribution in [0.1, 0.15) is 118 Å². The van der Waals surface area contributed by atoms with E-state index in [0.717, 1.165) is 19.3 Å². The molecule has 0 spiro atoms. The normalized spacial score (nSPS) is 15.2. The third kappa shape index (κ3) is 8.18. The number of rotatable bonds is 16. The van der Waals surface area contributed by atoms with E-state index in [2.05, 4.69) is 27.7 Å². The molecule has 144 valence electrons. The second kappa shape index (κ2) is 15.0. The lowest BCUT2D eigenvalue weighted by Crippen LogP contribution is -2.39. The Morgan fingerprint density at radius 1 is 0.875 bits per heavy atom. The van der Waals surface area contributed by atoms with Crippen molar-refractivity contribution in [3.8, 4) is 0 Å². The molecule has 24 heavy (non-hydrogen) atoms. The van der Waals surface area contributed by atoms with Gasteiger partial charge in [-0.1, -0.05) is 98.3 Å². The summed E-state index contributed by atoms with van der Waals surface area (Å²) >= 11 is 0. The maximum absolute atomic E-state index is 12.7. The Kier molecular flexibility index (Phi) is 14.8. The molecular formula is C21H44O2Si. The first-order valence-electron chi connectivity index (χ1n) is 10.7. The van der Waals surface area contributed by atoms with Gasteiger partial charge in [0.1, 0.15) is 0 Å². The minimum absolute atomic E-state index is 0.104. The molecular weight excluding hydrogens is 312 g/mol. The molecule has 0 rings (SSSR count). The van der Waals surface area contributed by atoms with Gasteiger partial charge in [-0.15, -0.1) is 0 Å². The summed E-state index contributed by atoms with van der Waals surface area (Å²) in [5, 5.41) is 0. The molecule has 0 aromatic rings. The minimum Gasteiger partial charge on any atom is -0.528 e. The van der Waals surface area contributed by atoms with Crippen LogP contribution in [0.5, 0.6) is 0 Å². The fourth-order valence-electron chi connectivity index (χ4n) is 4.20. The molecule has 0 amide bonds. The monoisotopic (exact) mass is 356 g/mol. The van der Waals surface area contributed by atoms with Crippen molar-refractivity contribution in [2.45, 2.75) is 118 Å². The lowest BCUT2D eigenvalue weighted by atomic mass is 9.67. The summed E-state index contributed by atoms with van der Waals surface area (Å²) in [6.45, 7) is 8.97. The van der Waals surface area contributed by atoms with Crippen LogP contribution in [0.4, 0.5) is 0 Å². The SMILES string of the molecule is CCCCCCCC(CC)C(CC)(CCCCCCC)C(=O)O[SiH3]. The molecule has 0 aliphatic carbocycles. The van der Waals surface area contributed by atoms with Crippen molar-refractivity contribution in [1.29, 1.82) is 0 Å². The summed E-state index contributed by atoms with van der Waals surface area (Å²) < 4.78 is 5.41. The van der Waals surface area contributed by atoms with Crippen molar-refractivity contribution in [1.82, 2.24) is 0 Å². The molecule has 0 saturated heterocycles. The lowest BCUT2D eigenvalue weighted by Gasteiger charge is -2.38. The van der Waals surface area contributed by atoms with Crippen LogP contribution in [0.15, 0.2) is 0 Å². The fraction of sp³-hybridized carbons (Fsp3) is 0.952. The number of unbranched alkanes of at least 4 members (excludes halogenated alkanes) is 8. The van der Waals surface area contributed by atoms with Gasteiger partial charge in [0, 0.05) is 0 Å². The number of carbonyl (C=O) groups excluding carboxylic acids is 1. The van der Waals surface area contributed by atoms with Crippen LogP contribution in [0, 0.1) is 11.3 Å². The first-order chi connectivity index (χ1) is 11.6. The van der Waals surface area contributed by atoms with Crippen LogP contribution in [0.2, 0.25) is 0 Å². The average molecular weight is 357 g/mol. The summed E-state index contributed by atoms with van der Waals surface area (Å²) in [7, 11) is 0.524. The minimum atomic E-state index is -0.215. The molecule has 0 aliphatic heterocycles. The highest BCUT2D eigenvalue weighted by atomic mass is 28.2. The standard InChI is InChI=1S/C21H44O2Si/c1-5-9-11-13-15-17-19(7-3)21(8-4,20(22)23-24)18-16-14-12-10-6-2/h19H,5-18H2,1-4,24H3. The first-order valence-corrected chi connectivity index (χ1v) is 11.5. The number of hydrogen-bond donors (Lipinski definition) is 0. The molecule has 0 bridgehead atoms. The highest BCUT2D eigenvalue weighted by Gasteiger charge is 2.42. The molecule has 2 nitrogen and oxygen atoms in total. The van der Waals surface area contributed by atoms with E-state index < -0.39 is 0 Å². The van der Waals surface area contributed by atoms with Crippen molar-refractivity contribution in [3.63, 3.8) is 0 Å². The molecule has 0 heterocycles. The molecule has 0 saturated carbocycles. The van der Waals surface area contributed by atoms with Gasteiger partial charge in [0.25, 0.3) is 5.97 Å². The van der Waals surface area contributed by atoms with E-state index in [4.69, 9.17) is 4.43 Å². The maximum atomic E-state index is 12.7. The molecule has 0 aromatic heterocycles. The van der Waals surface area contributed by atoms with Gasteiger partial charge >= 0.3 is 0 Å². The molecule has 0 radical (unpaired) electrons. The van der Waals surface area contributed by atoms with Gasteiger partial charge in [0.2, 0.25) is 10.5 Å². The van der Waals surface area contributed by atoms with Crippen molar-refractivity contribution in [2.75, 3.05) is 0 Å². The zero-order valence-corrected chi connectivity index (χ0v) is 19.3. The van der Waals surface area contributed by atoms with E-state index in [9.17, 15) is 4.79 Å². The van der Waals surface area contributed by atoms with Crippen molar-refractivity contribution < 1.29 is 9.22 Å². The number of hydrogen-bond acceptors (Lipinski definition) is 2.